The molecule has 1 N–H and O–H groups in total. The van der Waals surface area contributed by atoms with Gasteiger partial charge >= 0.3 is 0 Å². The minimum Gasteiger partial charge on any atom is -0.472 e. The molecule has 4 rings (SSSR count). The van der Waals surface area contributed by atoms with Gasteiger partial charge in [-0.2, -0.15) is 4.98 Å². The molecule has 2 aromatic heterocycles. The second kappa shape index (κ2) is 6.54. The first kappa shape index (κ1) is 15.0. The van der Waals surface area contributed by atoms with Crippen LogP contribution >= 0.6 is 0 Å². The second-order valence-corrected chi connectivity index (χ2v) is 5.77. The van der Waals surface area contributed by atoms with Crippen molar-refractivity contribution in [1.82, 2.24) is 20.4 Å². The van der Waals surface area contributed by atoms with Crippen LogP contribution in [0.15, 0.2) is 51.8 Å². The molecule has 0 aliphatic carbocycles. The fourth-order valence-corrected chi connectivity index (χ4v) is 2.98. The molecule has 1 unspecified atom stereocenters. The molecule has 1 aliphatic heterocycles. The topological polar surface area (TPSA) is 67.3 Å². The highest BCUT2D eigenvalue weighted by Gasteiger charge is 2.26. The van der Waals surface area contributed by atoms with Gasteiger partial charge in [0, 0.05) is 25.7 Å². The van der Waals surface area contributed by atoms with Crippen molar-refractivity contribution in [2.75, 3.05) is 19.6 Å². The van der Waals surface area contributed by atoms with E-state index in [1.54, 1.807) is 30.7 Å². The van der Waals surface area contributed by atoms with E-state index in [9.17, 15) is 4.39 Å². The predicted molar refractivity (Wildman–Crippen MR) is 84.4 cm³/mol. The summed E-state index contributed by atoms with van der Waals surface area (Å²) in [5.41, 5.74) is 1.73. The van der Waals surface area contributed by atoms with Gasteiger partial charge in [0.25, 0.3) is 0 Å². The van der Waals surface area contributed by atoms with Crippen molar-refractivity contribution in [1.29, 1.82) is 0 Å². The van der Waals surface area contributed by atoms with E-state index in [-0.39, 0.29) is 11.9 Å². The molecule has 6 nitrogen and oxygen atoms in total. The van der Waals surface area contributed by atoms with Crippen LogP contribution in [0.3, 0.4) is 0 Å². The van der Waals surface area contributed by atoms with Crippen LogP contribution in [-0.2, 0) is 6.54 Å². The first-order valence-corrected chi connectivity index (χ1v) is 7.85. The summed E-state index contributed by atoms with van der Waals surface area (Å²) < 4.78 is 23.9. The van der Waals surface area contributed by atoms with Crippen LogP contribution in [-0.4, -0.2) is 34.7 Å². The lowest BCUT2D eigenvalue weighted by Crippen LogP contribution is -2.45. The Morgan fingerprint density at radius 1 is 1.33 bits per heavy atom. The molecule has 0 saturated carbocycles. The van der Waals surface area contributed by atoms with Gasteiger partial charge in [-0.3, -0.25) is 4.90 Å². The maximum absolute atomic E-state index is 13.5. The van der Waals surface area contributed by atoms with Crippen LogP contribution in [0.4, 0.5) is 4.39 Å². The Kier molecular flexibility index (Phi) is 4.10. The van der Waals surface area contributed by atoms with E-state index in [0.29, 0.717) is 18.3 Å². The normalized spacial score (nSPS) is 18.8. The summed E-state index contributed by atoms with van der Waals surface area (Å²) in [6.45, 7) is 2.97. The van der Waals surface area contributed by atoms with Crippen LogP contribution in [0.1, 0.15) is 17.5 Å². The van der Waals surface area contributed by atoms with Crippen LogP contribution in [0.2, 0.25) is 0 Å². The number of hydrogen-bond acceptors (Lipinski definition) is 6. The smallest absolute Gasteiger partial charge is 0.241 e. The molecule has 3 aromatic rings. The third-order valence-electron chi connectivity index (χ3n) is 4.17. The molecule has 124 valence electrons. The zero-order chi connectivity index (χ0) is 16.4. The van der Waals surface area contributed by atoms with Gasteiger partial charge in [-0.15, -0.1) is 0 Å². The third kappa shape index (κ3) is 3.08. The predicted octanol–water partition coefficient (Wildman–Crippen LogP) is 2.62. The van der Waals surface area contributed by atoms with Crippen molar-refractivity contribution in [3.63, 3.8) is 0 Å². The average molecular weight is 328 g/mol. The first-order chi connectivity index (χ1) is 11.8. The van der Waals surface area contributed by atoms with E-state index in [1.165, 1.54) is 6.07 Å². The van der Waals surface area contributed by atoms with Crippen molar-refractivity contribution in [2.24, 2.45) is 0 Å². The molecule has 24 heavy (non-hydrogen) atoms. The summed E-state index contributed by atoms with van der Waals surface area (Å²) >= 11 is 0. The summed E-state index contributed by atoms with van der Waals surface area (Å²) in [6.07, 6.45) is 3.15. The average Bonchev–Trinajstić information content (AvgIpc) is 3.26. The third-order valence-corrected chi connectivity index (χ3v) is 4.17. The van der Waals surface area contributed by atoms with Crippen LogP contribution < -0.4 is 5.32 Å². The Morgan fingerprint density at radius 3 is 3.12 bits per heavy atom. The number of nitrogens with one attached hydrogen (secondary N) is 1. The quantitative estimate of drug-likeness (QED) is 0.794. The Bertz CT molecular complexity index is 803. The highest BCUT2D eigenvalue weighted by molar-refractivity contribution is 5.51. The fourth-order valence-electron chi connectivity index (χ4n) is 2.98. The van der Waals surface area contributed by atoms with Gasteiger partial charge in [-0.05, 0) is 23.8 Å². The fraction of sp³-hybridized carbons (Fsp3) is 0.294. The monoisotopic (exact) mass is 328 g/mol. The number of piperazine rings is 1. The molecule has 1 saturated heterocycles. The minimum atomic E-state index is -0.224. The van der Waals surface area contributed by atoms with Gasteiger partial charge in [-0.1, -0.05) is 17.3 Å². The molecule has 3 heterocycles. The summed E-state index contributed by atoms with van der Waals surface area (Å²) in [5, 5.41) is 7.34. The van der Waals surface area contributed by atoms with E-state index in [4.69, 9.17) is 8.94 Å². The molecule has 0 spiro atoms. The molecule has 1 aliphatic rings. The number of nitrogens with zero attached hydrogens (tertiary/aromatic N) is 3. The maximum Gasteiger partial charge on any atom is 0.241 e. The van der Waals surface area contributed by atoms with Crippen molar-refractivity contribution in [3.8, 4) is 11.4 Å². The Morgan fingerprint density at radius 2 is 2.29 bits per heavy atom. The first-order valence-electron chi connectivity index (χ1n) is 7.85. The number of aromatic nitrogens is 2. The Labute approximate surface area is 138 Å². The van der Waals surface area contributed by atoms with Gasteiger partial charge < -0.3 is 14.3 Å². The van der Waals surface area contributed by atoms with Crippen molar-refractivity contribution >= 4 is 0 Å². The lowest BCUT2D eigenvalue weighted by Gasteiger charge is -2.35. The molecule has 1 atom stereocenters. The number of furan rings is 1. The van der Waals surface area contributed by atoms with E-state index in [0.717, 1.165) is 30.8 Å². The Hall–Kier alpha value is -2.51. The molecule has 0 bridgehead atoms. The highest BCUT2D eigenvalue weighted by atomic mass is 19.1. The van der Waals surface area contributed by atoms with E-state index in [1.807, 2.05) is 6.07 Å². The summed E-state index contributed by atoms with van der Waals surface area (Å²) in [5.74, 6) is 0.823. The molecule has 0 radical (unpaired) electrons. The maximum atomic E-state index is 13.5. The van der Waals surface area contributed by atoms with Gasteiger partial charge in [0.05, 0.1) is 18.4 Å². The van der Waals surface area contributed by atoms with Crippen molar-refractivity contribution < 1.29 is 13.3 Å². The van der Waals surface area contributed by atoms with Gasteiger partial charge in [0.15, 0.2) is 0 Å². The minimum absolute atomic E-state index is 0.0683. The standard InChI is InChI=1S/C17H17FN4O2/c18-14-3-1-2-12(8-14)15-9-19-5-6-22(15)10-16-20-17(21-24-16)13-4-7-23-11-13/h1-4,7-8,11,15,19H,5-6,9-10H2. The SMILES string of the molecule is Fc1cccc(C2CNCCN2Cc2nc(-c3ccoc3)no2)c1. The van der Waals surface area contributed by atoms with E-state index < -0.39 is 0 Å². The summed E-state index contributed by atoms with van der Waals surface area (Å²) in [6, 6.07) is 8.57. The number of rotatable bonds is 4. The molecular weight excluding hydrogens is 311 g/mol. The van der Waals surface area contributed by atoms with Crippen molar-refractivity contribution in [2.45, 2.75) is 12.6 Å². The largest absolute Gasteiger partial charge is 0.472 e. The van der Waals surface area contributed by atoms with Crippen LogP contribution in [0, 0.1) is 5.82 Å². The van der Waals surface area contributed by atoms with Gasteiger partial charge in [0.2, 0.25) is 11.7 Å². The Balaban J connectivity index is 1.53. The molecule has 1 fully saturated rings. The molecule has 0 amide bonds. The summed E-state index contributed by atoms with van der Waals surface area (Å²) in [4.78, 5) is 6.64. The molecule has 1 aromatic carbocycles. The second-order valence-electron chi connectivity index (χ2n) is 5.77. The number of hydrogen-bond donors (Lipinski definition) is 1. The van der Waals surface area contributed by atoms with Crippen LogP contribution in [0.5, 0.6) is 0 Å². The zero-order valence-corrected chi connectivity index (χ0v) is 13.0. The van der Waals surface area contributed by atoms with E-state index >= 15 is 0 Å². The lowest BCUT2D eigenvalue weighted by molar-refractivity contribution is 0.135. The van der Waals surface area contributed by atoms with Crippen LogP contribution in [0.25, 0.3) is 11.4 Å². The molecule has 7 heteroatoms. The van der Waals surface area contributed by atoms with Crippen molar-refractivity contribution in [3.05, 3.63) is 60.1 Å². The van der Waals surface area contributed by atoms with E-state index in [2.05, 4.69) is 20.4 Å². The zero-order valence-electron chi connectivity index (χ0n) is 13.0. The molecular formula is C17H17FN4O2. The van der Waals surface area contributed by atoms with Gasteiger partial charge in [0.1, 0.15) is 12.1 Å². The summed E-state index contributed by atoms with van der Waals surface area (Å²) in [7, 11) is 0. The lowest BCUT2D eigenvalue weighted by atomic mass is 10.0. The number of benzene rings is 1. The number of halogens is 1. The highest BCUT2D eigenvalue weighted by Crippen LogP contribution is 2.25. The van der Waals surface area contributed by atoms with Gasteiger partial charge in [-0.25, -0.2) is 4.39 Å².